The third-order valence-electron chi connectivity index (χ3n) is 2.50. The minimum Gasteiger partial charge on any atom is -0.458 e. The van der Waals surface area contributed by atoms with Crippen LogP contribution in [0.2, 0.25) is 0 Å². The number of carbonyl (C=O) groups is 2. The summed E-state index contributed by atoms with van der Waals surface area (Å²) in [5, 5.41) is 8.65. The van der Waals surface area contributed by atoms with Crippen LogP contribution in [0.5, 0.6) is 0 Å². The van der Waals surface area contributed by atoms with Crippen molar-refractivity contribution in [3.8, 4) is 6.07 Å². The van der Waals surface area contributed by atoms with Gasteiger partial charge in [-0.2, -0.15) is 5.26 Å². The average molecular weight is 261 g/mol. The van der Waals surface area contributed by atoms with Crippen molar-refractivity contribution < 1.29 is 19.1 Å². The largest absolute Gasteiger partial charge is 0.458 e. The van der Waals surface area contributed by atoms with Gasteiger partial charge in [0.1, 0.15) is 6.61 Å². The molecule has 0 fully saturated rings. The molecule has 1 atom stereocenters. The maximum Gasteiger partial charge on any atom is 0.347 e. The molecule has 0 bridgehead atoms. The van der Waals surface area contributed by atoms with E-state index in [9.17, 15) is 9.59 Å². The van der Waals surface area contributed by atoms with Gasteiger partial charge in [-0.1, -0.05) is 25.5 Å². The van der Waals surface area contributed by atoms with Crippen molar-refractivity contribution in [3.05, 3.63) is 35.4 Å². The molecule has 0 aliphatic heterocycles. The fourth-order valence-corrected chi connectivity index (χ4v) is 1.49. The van der Waals surface area contributed by atoms with Crippen molar-refractivity contribution in [3.63, 3.8) is 0 Å². The Morgan fingerprint density at radius 3 is 2.63 bits per heavy atom. The molecule has 0 heterocycles. The van der Waals surface area contributed by atoms with E-state index in [-0.39, 0.29) is 13.1 Å². The topological polar surface area (TPSA) is 76.4 Å². The second-order valence-corrected chi connectivity index (χ2v) is 3.93. The number of hydrogen-bond acceptors (Lipinski definition) is 5. The lowest BCUT2D eigenvalue weighted by Crippen LogP contribution is -2.26. The third kappa shape index (κ3) is 4.80. The van der Waals surface area contributed by atoms with E-state index in [0.29, 0.717) is 18.4 Å². The van der Waals surface area contributed by atoms with E-state index in [2.05, 4.69) is 4.74 Å². The second kappa shape index (κ2) is 7.88. The molecular weight excluding hydrogens is 246 g/mol. The highest BCUT2D eigenvalue weighted by molar-refractivity contribution is 5.75. The van der Waals surface area contributed by atoms with Crippen LogP contribution in [-0.2, 0) is 25.7 Å². The molecule has 0 aromatic heterocycles. The molecule has 0 aliphatic rings. The second-order valence-electron chi connectivity index (χ2n) is 3.93. The van der Waals surface area contributed by atoms with E-state index in [1.807, 2.05) is 13.0 Å². The Labute approximate surface area is 111 Å². The number of benzene rings is 1. The van der Waals surface area contributed by atoms with Gasteiger partial charge in [0.2, 0.25) is 0 Å². The molecule has 1 rings (SSSR count). The van der Waals surface area contributed by atoms with Gasteiger partial charge in [-0.15, -0.1) is 0 Å². The fourth-order valence-electron chi connectivity index (χ4n) is 1.49. The summed E-state index contributed by atoms with van der Waals surface area (Å²) in [6.07, 6.45) is 0.302. The number of nitrogens with zero attached hydrogens (tertiary/aromatic N) is 1. The Kier molecular flexibility index (Phi) is 6.10. The summed E-state index contributed by atoms with van der Waals surface area (Å²) in [5.41, 5.74) is 1.32. The van der Waals surface area contributed by atoms with Crippen LogP contribution in [0.15, 0.2) is 24.3 Å². The van der Waals surface area contributed by atoms with Gasteiger partial charge in [0.15, 0.2) is 6.10 Å². The lowest BCUT2D eigenvalue weighted by Gasteiger charge is -2.13. The predicted octanol–water partition coefficient (Wildman–Crippen LogP) is 1.94. The minimum absolute atomic E-state index is 0.0903. The van der Waals surface area contributed by atoms with Gasteiger partial charge in [0.25, 0.3) is 6.47 Å². The van der Waals surface area contributed by atoms with Crippen molar-refractivity contribution in [2.75, 3.05) is 0 Å². The van der Waals surface area contributed by atoms with Gasteiger partial charge in [0, 0.05) is 0 Å². The highest BCUT2D eigenvalue weighted by Crippen LogP contribution is 2.08. The first kappa shape index (κ1) is 14.7. The fraction of sp³-hybridized carbons (Fsp3) is 0.357. The van der Waals surface area contributed by atoms with Crippen LogP contribution >= 0.6 is 0 Å². The first-order chi connectivity index (χ1) is 9.21. The van der Waals surface area contributed by atoms with E-state index in [1.54, 1.807) is 24.3 Å². The van der Waals surface area contributed by atoms with E-state index in [4.69, 9.17) is 10.00 Å². The van der Waals surface area contributed by atoms with Crippen LogP contribution in [0.3, 0.4) is 0 Å². The van der Waals surface area contributed by atoms with Gasteiger partial charge < -0.3 is 9.47 Å². The Morgan fingerprint density at radius 1 is 1.42 bits per heavy atom. The SMILES string of the molecule is CCCC(OC=O)C(=O)OCc1ccc(C#N)cc1. The lowest BCUT2D eigenvalue weighted by molar-refractivity contribution is -0.163. The van der Waals surface area contributed by atoms with Crippen LogP contribution in [0.1, 0.15) is 30.9 Å². The molecule has 0 saturated carbocycles. The van der Waals surface area contributed by atoms with Crippen molar-refractivity contribution >= 4 is 12.4 Å². The van der Waals surface area contributed by atoms with E-state index >= 15 is 0 Å². The van der Waals surface area contributed by atoms with E-state index in [0.717, 1.165) is 5.56 Å². The average Bonchev–Trinajstić information content (AvgIpc) is 2.45. The Hall–Kier alpha value is -2.35. The van der Waals surface area contributed by atoms with Gasteiger partial charge in [0.05, 0.1) is 11.6 Å². The quantitative estimate of drug-likeness (QED) is 0.553. The van der Waals surface area contributed by atoms with Crippen molar-refractivity contribution in [2.45, 2.75) is 32.5 Å². The number of rotatable bonds is 7. The van der Waals surface area contributed by atoms with E-state index < -0.39 is 12.1 Å². The summed E-state index contributed by atoms with van der Waals surface area (Å²) in [4.78, 5) is 21.9. The molecular formula is C14H15NO4. The molecule has 0 amide bonds. The molecule has 1 unspecified atom stereocenters. The van der Waals surface area contributed by atoms with Crippen molar-refractivity contribution in [2.24, 2.45) is 0 Å². The Balaban J connectivity index is 2.51. The summed E-state index contributed by atoms with van der Waals surface area (Å²) in [5.74, 6) is -0.557. The van der Waals surface area contributed by atoms with Gasteiger partial charge in [-0.05, 0) is 24.1 Å². The maximum atomic E-state index is 11.7. The van der Waals surface area contributed by atoms with Gasteiger partial charge in [-0.3, -0.25) is 4.79 Å². The first-order valence-electron chi connectivity index (χ1n) is 5.96. The molecule has 0 saturated heterocycles. The molecule has 19 heavy (non-hydrogen) atoms. The molecule has 1 aromatic rings. The summed E-state index contributed by atoms with van der Waals surface area (Å²) < 4.78 is 9.73. The minimum atomic E-state index is -0.846. The molecule has 5 heteroatoms. The predicted molar refractivity (Wildman–Crippen MR) is 66.8 cm³/mol. The zero-order valence-corrected chi connectivity index (χ0v) is 10.7. The molecule has 100 valence electrons. The van der Waals surface area contributed by atoms with Crippen molar-refractivity contribution in [1.82, 2.24) is 0 Å². The zero-order valence-electron chi connectivity index (χ0n) is 10.7. The Bertz CT molecular complexity index is 461. The summed E-state index contributed by atoms with van der Waals surface area (Å²) in [7, 11) is 0. The van der Waals surface area contributed by atoms with Crippen LogP contribution in [0.4, 0.5) is 0 Å². The van der Waals surface area contributed by atoms with Crippen LogP contribution in [0, 0.1) is 11.3 Å². The summed E-state index contributed by atoms with van der Waals surface area (Å²) in [6.45, 7) is 2.23. The highest BCUT2D eigenvalue weighted by atomic mass is 16.6. The van der Waals surface area contributed by atoms with Gasteiger partial charge in [-0.25, -0.2) is 4.79 Å². The van der Waals surface area contributed by atoms with Crippen LogP contribution < -0.4 is 0 Å². The number of nitriles is 1. The monoisotopic (exact) mass is 261 g/mol. The molecule has 5 nitrogen and oxygen atoms in total. The Morgan fingerprint density at radius 2 is 2.11 bits per heavy atom. The smallest absolute Gasteiger partial charge is 0.347 e. The maximum absolute atomic E-state index is 11.7. The highest BCUT2D eigenvalue weighted by Gasteiger charge is 2.20. The third-order valence-corrected chi connectivity index (χ3v) is 2.50. The lowest BCUT2D eigenvalue weighted by atomic mass is 10.1. The summed E-state index contributed by atoms with van der Waals surface area (Å²) in [6, 6.07) is 8.72. The van der Waals surface area contributed by atoms with Crippen LogP contribution in [0.25, 0.3) is 0 Å². The summed E-state index contributed by atoms with van der Waals surface area (Å²) >= 11 is 0. The van der Waals surface area contributed by atoms with E-state index in [1.165, 1.54) is 0 Å². The molecule has 0 radical (unpaired) electrons. The number of hydrogen-bond donors (Lipinski definition) is 0. The molecule has 0 N–H and O–H groups in total. The standard InChI is InChI=1S/C14H15NO4/c1-2-3-13(19-10-16)14(17)18-9-12-6-4-11(8-15)5-7-12/h4-7,10,13H,2-3,9H2,1H3. The molecule has 1 aromatic carbocycles. The normalized spacial score (nSPS) is 11.2. The zero-order chi connectivity index (χ0) is 14.1. The number of carbonyl (C=O) groups excluding carboxylic acids is 2. The first-order valence-corrected chi connectivity index (χ1v) is 5.96. The molecule has 0 spiro atoms. The van der Waals surface area contributed by atoms with Crippen LogP contribution in [-0.4, -0.2) is 18.5 Å². The number of ether oxygens (including phenoxy) is 2. The van der Waals surface area contributed by atoms with Gasteiger partial charge >= 0.3 is 5.97 Å². The number of esters is 1. The van der Waals surface area contributed by atoms with Crippen molar-refractivity contribution in [1.29, 1.82) is 5.26 Å². The molecule has 0 aliphatic carbocycles.